The van der Waals surface area contributed by atoms with Gasteiger partial charge in [-0.2, -0.15) is 9.41 Å². The largest absolute Gasteiger partial charge is 0.379 e. The average molecular weight is 416 g/mol. The molecule has 1 fully saturated rings. The lowest BCUT2D eigenvalue weighted by Gasteiger charge is -2.26. The smallest absolute Gasteiger partial charge is 0.270 e. The number of morpholine rings is 1. The second kappa shape index (κ2) is 7.90. The van der Waals surface area contributed by atoms with Gasteiger partial charge in [0.1, 0.15) is 4.90 Å². The highest BCUT2D eigenvalue weighted by Gasteiger charge is 2.30. The lowest BCUT2D eigenvalue weighted by molar-refractivity contribution is -0.385. The first-order chi connectivity index (χ1) is 14.0. The fraction of sp³-hybridized carbons (Fsp3) is 0.316. The molecule has 29 heavy (non-hydrogen) atoms. The van der Waals surface area contributed by atoms with Crippen LogP contribution in [-0.4, -0.2) is 49.7 Å². The third kappa shape index (κ3) is 3.86. The number of nitrogens with zero attached hydrogens (tertiary/aromatic N) is 3. The maximum Gasteiger partial charge on any atom is 0.270 e. The molecular formula is C19H20N4O5S. The summed E-state index contributed by atoms with van der Waals surface area (Å²) in [6.07, 6.45) is 1.61. The highest BCUT2D eigenvalue weighted by Crippen LogP contribution is 2.30. The van der Waals surface area contributed by atoms with E-state index in [1.165, 1.54) is 22.0 Å². The minimum absolute atomic E-state index is 0.163. The number of anilines is 1. The lowest BCUT2D eigenvalue weighted by atomic mass is 10.1. The molecule has 1 aliphatic carbocycles. The normalized spacial score (nSPS) is 18.6. The SMILES string of the molecule is O=[N+]([O-])c1ccc(N/N=C2/CCc3ccccc32)c(S(=O)(=O)N2CCOCC2)c1. The van der Waals surface area contributed by atoms with Crippen molar-refractivity contribution in [3.63, 3.8) is 0 Å². The van der Waals surface area contributed by atoms with Crippen LogP contribution in [0.3, 0.4) is 0 Å². The second-order valence-electron chi connectivity index (χ2n) is 6.78. The summed E-state index contributed by atoms with van der Waals surface area (Å²) < 4.78 is 32.8. The Balaban J connectivity index is 1.70. The first-order valence-electron chi connectivity index (χ1n) is 9.24. The van der Waals surface area contributed by atoms with Crippen LogP contribution in [0.2, 0.25) is 0 Å². The third-order valence-electron chi connectivity index (χ3n) is 5.03. The molecule has 9 nitrogen and oxygen atoms in total. The van der Waals surface area contributed by atoms with Crippen molar-refractivity contribution in [3.8, 4) is 0 Å². The topological polar surface area (TPSA) is 114 Å². The van der Waals surface area contributed by atoms with Gasteiger partial charge < -0.3 is 4.74 Å². The number of hydrogen-bond acceptors (Lipinski definition) is 7. The van der Waals surface area contributed by atoms with Gasteiger partial charge in [-0.05, 0) is 24.5 Å². The van der Waals surface area contributed by atoms with Crippen molar-refractivity contribution in [1.82, 2.24) is 4.31 Å². The average Bonchev–Trinajstić information content (AvgIpc) is 3.16. The summed E-state index contributed by atoms with van der Waals surface area (Å²) >= 11 is 0. The quantitative estimate of drug-likeness (QED) is 0.591. The molecule has 1 aliphatic heterocycles. The number of hydrazone groups is 1. The van der Waals surface area contributed by atoms with Crippen LogP contribution in [-0.2, 0) is 21.2 Å². The molecule has 0 atom stereocenters. The van der Waals surface area contributed by atoms with Crippen molar-refractivity contribution in [2.45, 2.75) is 17.7 Å². The van der Waals surface area contributed by atoms with Crippen LogP contribution in [0.1, 0.15) is 17.5 Å². The Kier molecular flexibility index (Phi) is 5.31. The van der Waals surface area contributed by atoms with Crippen LogP contribution in [0, 0.1) is 10.1 Å². The molecular weight excluding hydrogens is 396 g/mol. The third-order valence-corrected chi connectivity index (χ3v) is 6.97. The summed E-state index contributed by atoms with van der Waals surface area (Å²) in [5.74, 6) is 0. The van der Waals surface area contributed by atoms with Gasteiger partial charge in [0.05, 0.1) is 29.5 Å². The van der Waals surface area contributed by atoms with Gasteiger partial charge in [-0.25, -0.2) is 8.42 Å². The van der Waals surface area contributed by atoms with Gasteiger partial charge in [-0.3, -0.25) is 15.5 Å². The number of nitrogens with one attached hydrogen (secondary N) is 1. The van der Waals surface area contributed by atoms with E-state index in [-0.39, 0.29) is 42.6 Å². The number of sulfonamides is 1. The van der Waals surface area contributed by atoms with E-state index in [1.807, 2.05) is 24.3 Å². The predicted octanol–water partition coefficient (Wildman–Crippen LogP) is 2.38. The molecule has 0 unspecified atom stereocenters. The van der Waals surface area contributed by atoms with Gasteiger partial charge in [-0.15, -0.1) is 0 Å². The van der Waals surface area contributed by atoms with E-state index in [9.17, 15) is 18.5 Å². The van der Waals surface area contributed by atoms with Crippen molar-refractivity contribution in [2.75, 3.05) is 31.7 Å². The predicted molar refractivity (Wildman–Crippen MR) is 108 cm³/mol. The van der Waals surface area contributed by atoms with Gasteiger partial charge in [0, 0.05) is 30.8 Å². The number of aryl methyl sites for hydroxylation is 1. The molecule has 4 rings (SSSR count). The molecule has 2 aliphatic rings. The minimum Gasteiger partial charge on any atom is -0.379 e. The van der Waals surface area contributed by atoms with E-state index in [0.29, 0.717) is 0 Å². The van der Waals surface area contributed by atoms with Crippen molar-refractivity contribution in [3.05, 3.63) is 63.7 Å². The fourth-order valence-corrected chi connectivity index (χ4v) is 5.08. The Morgan fingerprint density at radius 1 is 1.10 bits per heavy atom. The summed E-state index contributed by atoms with van der Waals surface area (Å²) in [4.78, 5) is 10.4. The summed E-state index contributed by atoms with van der Waals surface area (Å²) in [7, 11) is -3.94. The summed E-state index contributed by atoms with van der Waals surface area (Å²) in [6.45, 7) is 0.977. The summed E-state index contributed by atoms with van der Waals surface area (Å²) in [6, 6.07) is 11.6. The van der Waals surface area contributed by atoms with E-state index in [0.717, 1.165) is 30.2 Å². The van der Waals surface area contributed by atoms with Crippen LogP contribution in [0.15, 0.2) is 52.5 Å². The molecule has 1 heterocycles. The van der Waals surface area contributed by atoms with E-state index < -0.39 is 14.9 Å². The van der Waals surface area contributed by atoms with Crippen molar-refractivity contribution < 1.29 is 18.1 Å². The first kappa shape index (κ1) is 19.5. The van der Waals surface area contributed by atoms with Crippen LogP contribution in [0.5, 0.6) is 0 Å². The Hall–Kier alpha value is -2.82. The zero-order chi connectivity index (χ0) is 20.4. The van der Waals surface area contributed by atoms with Crippen molar-refractivity contribution >= 4 is 27.1 Å². The Morgan fingerprint density at radius 2 is 1.86 bits per heavy atom. The molecule has 1 saturated heterocycles. The van der Waals surface area contributed by atoms with Crippen molar-refractivity contribution in [2.24, 2.45) is 5.10 Å². The Morgan fingerprint density at radius 3 is 2.62 bits per heavy atom. The van der Waals surface area contributed by atoms with Gasteiger partial charge in [0.15, 0.2) is 0 Å². The van der Waals surface area contributed by atoms with Gasteiger partial charge in [0.2, 0.25) is 10.0 Å². The van der Waals surface area contributed by atoms with E-state index >= 15 is 0 Å². The molecule has 152 valence electrons. The zero-order valence-corrected chi connectivity index (χ0v) is 16.4. The van der Waals surface area contributed by atoms with Crippen molar-refractivity contribution in [1.29, 1.82) is 0 Å². The van der Waals surface area contributed by atoms with Gasteiger partial charge >= 0.3 is 0 Å². The number of fused-ring (bicyclic) bond motifs is 1. The number of hydrogen-bond donors (Lipinski definition) is 1. The molecule has 0 saturated carbocycles. The second-order valence-corrected chi connectivity index (χ2v) is 8.69. The highest BCUT2D eigenvalue weighted by molar-refractivity contribution is 7.89. The van der Waals surface area contributed by atoms with Gasteiger partial charge in [-0.1, -0.05) is 24.3 Å². The fourth-order valence-electron chi connectivity index (χ4n) is 3.51. The number of nitro groups is 1. The Bertz CT molecular complexity index is 1080. The number of nitro benzene ring substituents is 1. The first-order valence-corrected chi connectivity index (χ1v) is 10.7. The molecule has 10 heteroatoms. The van der Waals surface area contributed by atoms with Crippen LogP contribution >= 0.6 is 0 Å². The summed E-state index contributed by atoms with van der Waals surface area (Å²) in [5.41, 5.74) is 5.80. The molecule has 2 aromatic rings. The standard InChI is InChI=1S/C19H20N4O5S/c24-23(25)15-6-8-18(19(13-15)29(26,27)22-9-11-28-12-10-22)21-20-17-7-5-14-3-1-2-4-16(14)17/h1-4,6,8,13,21H,5,7,9-12H2/b20-17-. The maximum absolute atomic E-state index is 13.1. The van der Waals surface area contributed by atoms with E-state index in [1.54, 1.807) is 0 Å². The molecule has 0 aromatic heterocycles. The number of non-ortho nitro benzene ring substituents is 1. The minimum atomic E-state index is -3.94. The van der Waals surface area contributed by atoms with Crippen LogP contribution in [0.4, 0.5) is 11.4 Å². The highest BCUT2D eigenvalue weighted by atomic mass is 32.2. The maximum atomic E-state index is 13.1. The van der Waals surface area contributed by atoms with E-state index in [2.05, 4.69) is 10.5 Å². The van der Waals surface area contributed by atoms with Crippen LogP contribution < -0.4 is 5.43 Å². The molecule has 1 N–H and O–H groups in total. The Labute approximate surface area is 168 Å². The molecule has 2 aromatic carbocycles. The zero-order valence-electron chi connectivity index (χ0n) is 15.6. The molecule has 0 radical (unpaired) electrons. The number of ether oxygens (including phenoxy) is 1. The molecule has 0 bridgehead atoms. The lowest BCUT2D eigenvalue weighted by Crippen LogP contribution is -2.40. The molecule has 0 spiro atoms. The number of benzene rings is 2. The summed E-state index contributed by atoms with van der Waals surface area (Å²) in [5, 5.41) is 15.6. The van der Waals surface area contributed by atoms with E-state index in [4.69, 9.17) is 4.74 Å². The molecule has 0 amide bonds. The van der Waals surface area contributed by atoms with Gasteiger partial charge in [0.25, 0.3) is 5.69 Å². The number of rotatable bonds is 5. The van der Waals surface area contributed by atoms with Crippen LogP contribution in [0.25, 0.3) is 0 Å². The monoisotopic (exact) mass is 416 g/mol.